The zero-order chi connectivity index (χ0) is 14.0. The highest BCUT2D eigenvalue weighted by atomic mass is 35.5. The van der Waals surface area contributed by atoms with Gasteiger partial charge in [0.15, 0.2) is 0 Å². The van der Waals surface area contributed by atoms with Gasteiger partial charge < -0.3 is 10.0 Å². The molecule has 0 aliphatic carbocycles. The van der Waals surface area contributed by atoms with Crippen LogP contribution in [0.15, 0.2) is 30.3 Å². The van der Waals surface area contributed by atoms with E-state index in [1.54, 1.807) is 0 Å². The van der Waals surface area contributed by atoms with Crippen molar-refractivity contribution < 1.29 is 5.11 Å². The number of thiophene rings is 1. The van der Waals surface area contributed by atoms with E-state index in [4.69, 9.17) is 11.6 Å². The maximum atomic E-state index is 10.4. The fourth-order valence-corrected chi connectivity index (χ4v) is 3.38. The quantitative estimate of drug-likeness (QED) is 0.926. The molecule has 0 saturated carbocycles. The van der Waals surface area contributed by atoms with Gasteiger partial charge in [0.05, 0.1) is 4.34 Å². The highest BCUT2D eigenvalue weighted by molar-refractivity contribution is 7.16. The van der Waals surface area contributed by atoms with Crippen molar-refractivity contribution >= 4 is 22.9 Å². The maximum absolute atomic E-state index is 10.4. The summed E-state index contributed by atoms with van der Waals surface area (Å²) >= 11 is 7.42. The minimum Gasteiger partial charge on any atom is -0.383 e. The molecule has 0 aliphatic heterocycles. The minimum absolute atomic E-state index is 0.592. The summed E-state index contributed by atoms with van der Waals surface area (Å²) in [6.07, 6.45) is -0.592. The Morgan fingerprint density at radius 3 is 2.37 bits per heavy atom. The van der Waals surface area contributed by atoms with E-state index in [0.717, 1.165) is 26.9 Å². The van der Waals surface area contributed by atoms with Gasteiger partial charge in [-0.05, 0) is 43.8 Å². The second-order valence-electron chi connectivity index (χ2n) is 4.98. The highest BCUT2D eigenvalue weighted by Gasteiger charge is 2.16. The lowest BCUT2D eigenvalue weighted by Gasteiger charge is -2.13. The van der Waals surface area contributed by atoms with Crippen molar-refractivity contribution in [2.24, 2.45) is 0 Å². The minimum atomic E-state index is -0.592. The Kier molecular flexibility index (Phi) is 4.63. The van der Waals surface area contributed by atoms with Crippen molar-refractivity contribution in [2.45, 2.75) is 19.6 Å². The second kappa shape index (κ2) is 6.06. The normalized spacial score (nSPS) is 12.9. The van der Waals surface area contributed by atoms with Crippen molar-refractivity contribution in [1.29, 1.82) is 0 Å². The standard InChI is InChI=1S/C15H18ClNOS/c1-10-8-13(16)19-15(10)14(18)12-6-4-11(5-7-12)9-17(2)3/h4-8,14,18H,9H2,1-3H3. The second-order valence-corrected chi connectivity index (χ2v) is 6.69. The number of halogens is 1. The van der Waals surface area contributed by atoms with Crippen molar-refractivity contribution in [3.05, 3.63) is 56.2 Å². The first-order chi connectivity index (χ1) is 8.97. The Morgan fingerprint density at radius 1 is 1.26 bits per heavy atom. The van der Waals surface area contributed by atoms with Crippen LogP contribution in [0.4, 0.5) is 0 Å². The lowest BCUT2D eigenvalue weighted by Crippen LogP contribution is -2.10. The van der Waals surface area contributed by atoms with Crippen LogP contribution in [0.3, 0.4) is 0 Å². The molecule has 2 nitrogen and oxygen atoms in total. The van der Waals surface area contributed by atoms with Gasteiger partial charge in [-0.25, -0.2) is 0 Å². The van der Waals surface area contributed by atoms with E-state index in [9.17, 15) is 5.11 Å². The van der Waals surface area contributed by atoms with Gasteiger partial charge in [0, 0.05) is 11.4 Å². The van der Waals surface area contributed by atoms with E-state index in [1.165, 1.54) is 16.9 Å². The third kappa shape index (κ3) is 3.57. The molecule has 0 bridgehead atoms. The molecule has 2 aromatic rings. The molecule has 2 rings (SSSR count). The van der Waals surface area contributed by atoms with Crippen LogP contribution >= 0.6 is 22.9 Å². The van der Waals surface area contributed by atoms with E-state index in [2.05, 4.69) is 17.0 Å². The van der Waals surface area contributed by atoms with Gasteiger partial charge in [-0.2, -0.15) is 0 Å². The lowest BCUT2D eigenvalue weighted by atomic mass is 10.0. The van der Waals surface area contributed by atoms with E-state index in [-0.39, 0.29) is 0 Å². The summed E-state index contributed by atoms with van der Waals surface area (Å²) in [5.74, 6) is 0. The molecule has 1 unspecified atom stereocenters. The molecule has 0 aliphatic rings. The van der Waals surface area contributed by atoms with Crippen molar-refractivity contribution in [3.63, 3.8) is 0 Å². The van der Waals surface area contributed by atoms with Crippen LogP contribution in [0.5, 0.6) is 0 Å². The summed E-state index contributed by atoms with van der Waals surface area (Å²) in [5, 5.41) is 10.4. The van der Waals surface area contributed by atoms with E-state index < -0.39 is 6.10 Å². The first-order valence-electron chi connectivity index (χ1n) is 6.15. The van der Waals surface area contributed by atoms with E-state index in [1.807, 2.05) is 39.2 Å². The zero-order valence-corrected chi connectivity index (χ0v) is 12.9. The molecule has 0 radical (unpaired) electrons. The van der Waals surface area contributed by atoms with Crippen molar-refractivity contribution in [2.75, 3.05) is 14.1 Å². The van der Waals surface area contributed by atoms with Gasteiger partial charge in [0.1, 0.15) is 6.10 Å². The number of hydrogen-bond donors (Lipinski definition) is 1. The Bertz CT molecular complexity index is 548. The van der Waals surface area contributed by atoms with Crippen LogP contribution in [0.2, 0.25) is 4.34 Å². The molecule has 0 spiro atoms. The van der Waals surface area contributed by atoms with Gasteiger partial charge in [0.2, 0.25) is 0 Å². The summed E-state index contributed by atoms with van der Waals surface area (Å²) in [7, 11) is 4.08. The van der Waals surface area contributed by atoms with Crippen molar-refractivity contribution in [1.82, 2.24) is 4.90 Å². The maximum Gasteiger partial charge on any atom is 0.114 e. The fraction of sp³-hybridized carbons (Fsp3) is 0.333. The summed E-state index contributed by atoms with van der Waals surface area (Å²) in [5.41, 5.74) is 3.19. The average Bonchev–Trinajstić information content (AvgIpc) is 2.68. The molecule has 1 aromatic heterocycles. The predicted octanol–water partition coefficient (Wildman–Crippen LogP) is 3.85. The molecule has 102 valence electrons. The van der Waals surface area contributed by atoms with E-state index >= 15 is 0 Å². The molecule has 0 saturated heterocycles. The van der Waals surface area contributed by atoms with Crippen LogP contribution in [0.25, 0.3) is 0 Å². The van der Waals surface area contributed by atoms with Crippen molar-refractivity contribution in [3.8, 4) is 0 Å². The van der Waals surface area contributed by atoms with E-state index in [0.29, 0.717) is 0 Å². The van der Waals surface area contributed by atoms with Crippen LogP contribution in [-0.2, 0) is 6.54 Å². The summed E-state index contributed by atoms with van der Waals surface area (Å²) < 4.78 is 0.718. The van der Waals surface area contributed by atoms with Gasteiger partial charge >= 0.3 is 0 Å². The number of hydrogen-bond acceptors (Lipinski definition) is 3. The molecule has 19 heavy (non-hydrogen) atoms. The Labute approximate surface area is 123 Å². The number of aliphatic hydroxyl groups is 1. The summed E-state index contributed by atoms with van der Waals surface area (Å²) in [4.78, 5) is 3.04. The molecule has 1 N–H and O–H groups in total. The number of aliphatic hydroxyl groups excluding tert-OH is 1. The predicted molar refractivity (Wildman–Crippen MR) is 82.0 cm³/mol. The molecule has 1 atom stereocenters. The van der Waals surface area contributed by atoms with Gasteiger partial charge in [0.25, 0.3) is 0 Å². The summed E-state index contributed by atoms with van der Waals surface area (Å²) in [6, 6.07) is 9.98. The highest BCUT2D eigenvalue weighted by Crippen LogP contribution is 2.34. The van der Waals surface area contributed by atoms with Gasteiger partial charge in [-0.15, -0.1) is 11.3 Å². The number of aryl methyl sites for hydroxylation is 1. The number of rotatable bonds is 4. The third-order valence-corrected chi connectivity index (χ3v) is 4.39. The molecule has 0 fully saturated rings. The Hall–Kier alpha value is -0.870. The molecule has 0 amide bonds. The first kappa shape index (κ1) is 14.5. The largest absolute Gasteiger partial charge is 0.383 e. The molecular formula is C15H18ClNOS. The number of benzene rings is 1. The third-order valence-electron chi connectivity index (χ3n) is 2.97. The lowest BCUT2D eigenvalue weighted by molar-refractivity contribution is 0.223. The SMILES string of the molecule is Cc1cc(Cl)sc1C(O)c1ccc(CN(C)C)cc1. The Morgan fingerprint density at radius 2 is 1.89 bits per heavy atom. The first-order valence-corrected chi connectivity index (χ1v) is 7.34. The Balaban J connectivity index is 2.20. The van der Waals surface area contributed by atoms with Crippen LogP contribution < -0.4 is 0 Å². The zero-order valence-electron chi connectivity index (χ0n) is 11.4. The van der Waals surface area contributed by atoms with Crippen LogP contribution in [0, 0.1) is 6.92 Å². The monoisotopic (exact) mass is 295 g/mol. The summed E-state index contributed by atoms with van der Waals surface area (Å²) in [6.45, 7) is 2.88. The molecule has 1 aromatic carbocycles. The van der Waals surface area contributed by atoms with Crippen LogP contribution in [0.1, 0.15) is 27.7 Å². The smallest absolute Gasteiger partial charge is 0.114 e. The fourth-order valence-electron chi connectivity index (χ4n) is 2.05. The molecular weight excluding hydrogens is 278 g/mol. The number of nitrogens with zero attached hydrogens (tertiary/aromatic N) is 1. The molecule has 1 heterocycles. The average molecular weight is 296 g/mol. The van der Waals surface area contributed by atoms with Gasteiger partial charge in [-0.1, -0.05) is 35.9 Å². The molecule has 4 heteroatoms. The topological polar surface area (TPSA) is 23.5 Å². The van der Waals surface area contributed by atoms with Gasteiger partial charge in [-0.3, -0.25) is 0 Å². The van der Waals surface area contributed by atoms with Crippen LogP contribution in [-0.4, -0.2) is 24.1 Å².